The van der Waals surface area contributed by atoms with Gasteiger partial charge in [-0.15, -0.1) is 0 Å². The second kappa shape index (κ2) is 13.6. The van der Waals surface area contributed by atoms with E-state index in [-0.39, 0.29) is 11.9 Å². The van der Waals surface area contributed by atoms with Gasteiger partial charge in [0.15, 0.2) is 0 Å². The summed E-state index contributed by atoms with van der Waals surface area (Å²) in [6.07, 6.45) is 19.6. The highest BCUT2D eigenvalue weighted by atomic mass is 19.1. The molecule has 0 radical (unpaired) electrons. The van der Waals surface area contributed by atoms with Crippen LogP contribution < -0.4 is 5.32 Å². The van der Waals surface area contributed by atoms with Crippen molar-refractivity contribution < 1.29 is 4.39 Å². The van der Waals surface area contributed by atoms with E-state index in [2.05, 4.69) is 57.1 Å². The van der Waals surface area contributed by atoms with Gasteiger partial charge < -0.3 is 10.2 Å². The highest BCUT2D eigenvalue weighted by molar-refractivity contribution is 5.39. The maximum atomic E-state index is 13.3. The van der Waals surface area contributed by atoms with Crippen LogP contribution in [0.3, 0.4) is 0 Å². The Kier molecular flexibility index (Phi) is 11.5. The normalized spacial score (nSPS) is 16.2. The lowest BCUT2D eigenvalue weighted by Gasteiger charge is -2.26. The molecule has 158 valence electrons. The fraction of sp³-hybridized carbons (Fsp3) is 0.385. The van der Waals surface area contributed by atoms with E-state index in [1.54, 1.807) is 12.2 Å². The molecule has 0 spiro atoms. The molecule has 1 aliphatic rings. The van der Waals surface area contributed by atoms with Gasteiger partial charge in [-0.1, -0.05) is 57.4 Å². The van der Waals surface area contributed by atoms with Crippen LogP contribution in [0.25, 0.3) is 0 Å². The van der Waals surface area contributed by atoms with Crippen LogP contribution in [-0.4, -0.2) is 24.0 Å². The van der Waals surface area contributed by atoms with Crippen LogP contribution in [0.5, 0.6) is 0 Å². The molecule has 29 heavy (non-hydrogen) atoms. The first-order valence-electron chi connectivity index (χ1n) is 10.5. The highest BCUT2D eigenvalue weighted by Gasteiger charge is 2.09. The van der Waals surface area contributed by atoms with Gasteiger partial charge in [0, 0.05) is 30.5 Å². The molecule has 3 heteroatoms. The van der Waals surface area contributed by atoms with Gasteiger partial charge in [-0.25, -0.2) is 4.39 Å². The molecule has 1 unspecified atom stereocenters. The number of hydrogen-bond acceptors (Lipinski definition) is 2. The van der Waals surface area contributed by atoms with Gasteiger partial charge >= 0.3 is 0 Å². The van der Waals surface area contributed by atoms with E-state index in [0.29, 0.717) is 6.42 Å². The summed E-state index contributed by atoms with van der Waals surface area (Å²) in [4.78, 5) is 2.43. The summed E-state index contributed by atoms with van der Waals surface area (Å²) in [5, 5.41) is 3.44. The molecule has 0 aromatic rings. The Morgan fingerprint density at radius 3 is 2.55 bits per heavy atom. The second-order valence-electron chi connectivity index (χ2n) is 7.26. The first-order valence-corrected chi connectivity index (χ1v) is 10.5. The fourth-order valence-electron chi connectivity index (χ4n) is 3.14. The summed E-state index contributed by atoms with van der Waals surface area (Å²) in [5.41, 5.74) is 4.20. The number of nitrogens with zero attached hydrogens (tertiary/aromatic N) is 1. The minimum atomic E-state index is -0.197. The third-order valence-electron chi connectivity index (χ3n) is 4.65. The maximum Gasteiger partial charge on any atom is 0.119 e. The molecule has 0 bridgehead atoms. The Balaban J connectivity index is 2.81. The van der Waals surface area contributed by atoms with Crippen LogP contribution in [0.1, 0.15) is 47.0 Å². The zero-order chi connectivity index (χ0) is 21.6. The van der Waals surface area contributed by atoms with Crippen molar-refractivity contribution in [1.82, 2.24) is 10.2 Å². The van der Waals surface area contributed by atoms with Crippen molar-refractivity contribution in [2.75, 3.05) is 13.1 Å². The predicted molar refractivity (Wildman–Crippen MR) is 126 cm³/mol. The average Bonchev–Trinajstić information content (AvgIpc) is 2.89. The molecule has 0 saturated carbocycles. The Morgan fingerprint density at radius 1 is 1.24 bits per heavy atom. The predicted octanol–water partition coefficient (Wildman–Crippen LogP) is 6.91. The molecule has 0 aromatic heterocycles. The smallest absolute Gasteiger partial charge is 0.119 e. The Hall–Kier alpha value is -2.55. The van der Waals surface area contributed by atoms with E-state index in [0.717, 1.165) is 42.8 Å². The van der Waals surface area contributed by atoms with E-state index < -0.39 is 0 Å². The molecule has 0 fully saturated rings. The van der Waals surface area contributed by atoms with Crippen molar-refractivity contribution in [3.05, 3.63) is 96.2 Å². The zero-order valence-electron chi connectivity index (χ0n) is 18.5. The van der Waals surface area contributed by atoms with Gasteiger partial charge in [0.1, 0.15) is 5.83 Å². The molecule has 1 rings (SSSR count). The van der Waals surface area contributed by atoms with Gasteiger partial charge in [0.2, 0.25) is 0 Å². The van der Waals surface area contributed by atoms with Crippen LogP contribution in [0, 0.1) is 0 Å². The number of hydrogen-bond donors (Lipinski definition) is 1. The van der Waals surface area contributed by atoms with E-state index >= 15 is 0 Å². The molecular weight excluding hydrogens is 359 g/mol. The first-order chi connectivity index (χ1) is 13.9. The van der Waals surface area contributed by atoms with Gasteiger partial charge in [-0.3, -0.25) is 0 Å². The van der Waals surface area contributed by atoms with E-state index in [1.807, 2.05) is 30.4 Å². The molecular formula is C26H37FN2. The number of allylic oxidation sites excluding steroid dienone is 11. The molecule has 0 aromatic carbocycles. The standard InChI is InChI=1S/C26H37FN2/c1-7-11-25(20-22(5)29(18-8-2)19-9-3)23(6)28-21(4)14-15-24-12-10-13-26(27)17-16-24/h7,11-17,20,23,28H,1,4,8-10,18-19H2,2-3,5-6H3/b15-14+,22-20+,25-11+. The van der Waals surface area contributed by atoms with Crippen LogP contribution in [0.2, 0.25) is 0 Å². The summed E-state index contributed by atoms with van der Waals surface area (Å²) < 4.78 is 13.3. The lowest BCUT2D eigenvalue weighted by atomic mass is 10.1. The van der Waals surface area contributed by atoms with E-state index in [9.17, 15) is 4.39 Å². The summed E-state index contributed by atoms with van der Waals surface area (Å²) >= 11 is 0. The number of rotatable bonds is 12. The number of nitrogens with one attached hydrogen (secondary N) is 1. The largest absolute Gasteiger partial charge is 0.379 e. The lowest BCUT2D eigenvalue weighted by Crippen LogP contribution is -2.27. The van der Waals surface area contributed by atoms with Crippen molar-refractivity contribution >= 4 is 0 Å². The SMILES string of the molecule is C=C/C=C(\C=C(/C)N(CCC)CCC)C(C)NC(=C)/C=C/C1=CCC=C(F)C=C1. The number of halogens is 1. The molecule has 2 nitrogen and oxygen atoms in total. The van der Waals surface area contributed by atoms with Gasteiger partial charge in [-0.05, 0) is 68.6 Å². The minimum Gasteiger partial charge on any atom is -0.379 e. The summed E-state index contributed by atoms with van der Waals surface area (Å²) in [6, 6.07) is 0.0861. The van der Waals surface area contributed by atoms with Crippen molar-refractivity contribution in [1.29, 1.82) is 0 Å². The van der Waals surface area contributed by atoms with Gasteiger partial charge in [0.05, 0.1) is 0 Å². The Labute approximate surface area is 177 Å². The van der Waals surface area contributed by atoms with Crippen molar-refractivity contribution in [3.63, 3.8) is 0 Å². The average molecular weight is 397 g/mol. The van der Waals surface area contributed by atoms with Crippen molar-refractivity contribution in [3.8, 4) is 0 Å². The van der Waals surface area contributed by atoms with Crippen LogP contribution in [-0.2, 0) is 0 Å². The molecule has 1 atom stereocenters. The zero-order valence-corrected chi connectivity index (χ0v) is 18.5. The molecule has 0 amide bonds. The quantitative estimate of drug-likeness (QED) is 0.360. The molecule has 0 aliphatic heterocycles. The van der Waals surface area contributed by atoms with Gasteiger partial charge in [0.25, 0.3) is 0 Å². The first kappa shape index (κ1) is 24.5. The molecule has 0 heterocycles. The summed E-state index contributed by atoms with van der Waals surface area (Å²) in [7, 11) is 0. The maximum absolute atomic E-state index is 13.3. The summed E-state index contributed by atoms with van der Waals surface area (Å²) in [6.45, 7) is 18.8. The Bertz CT molecular complexity index is 726. The molecule has 0 saturated heterocycles. The van der Waals surface area contributed by atoms with Crippen LogP contribution >= 0.6 is 0 Å². The van der Waals surface area contributed by atoms with Crippen LogP contribution in [0.15, 0.2) is 96.2 Å². The van der Waals surface area contributed by atoms with E-state index in [4.69, 9.17) is 0 Å². The fourth-order valence-corrected chi connectivity index (χ4v) is 3.14. The topological polar surface area (TPSA) is 15.3 Å². The Morgan fingerprint density at radius 2 is 1.93 bits per heavy atom. The second-order valence-corrected chi connectivity index (χ2v) is 7.26. The van der Waals surface area contributed by atoms with Crippen LogP contribution in [0.4, 0.5) is 4.39 Å². The van der Waals surface area contributed by atoms with E-state index in [1.165, 1.54) is 11.8 Å². The third kappa shape index (κ3) is 9.47. The summed E-state index contributed by atoms with van der Waals surface area (Å²) in [5.74, 6) is -0.197. The highest BCUT2D eigenvalue weighted by Crippen LogP contribution is 2.15. The third-order valence-corrected chi connectivity index (χ3v) is 4.65. The lowest BCUT2D eigenvalue weighted by molar-refractivity contribution is 0.345. The van der Waals surface area contributed by atoms with Gasteiger partial charge in [-0.2, -0.15) is 0 Å². The minimum absolute atomic E-state index is 0.0861. The monoisotopic (exact) mass is 396 g/mol. The molecule has 1 aliphatic carbocycles. The van der Waals surface area contributed by atoms with Crippen molar-refractivity contribution in [2.45, 2.75) is 53.0 Å². The molecule has 1 N–H and O–H groups in total. The van der Waals surface area contributed by atoms with Crippen molar-refractivity contribution in [2.24, 2.45) is 0 Å².